The zero-order valence-electron chi connectivity index (χ0n) is 14.8. The van der Waals surface area contributed by atoms with Gasteiger partial charge in [-0.25, -0.2) is 9.97 Å². The molecule has 0 amide bonds. The molecule has 26 heavy (non-hydrogen) atoms. The lowest BCUT2D eigenvalue weighted by Gasteiger charge is -2.36. The molecule has 0 unspecified atom stereocenters. The van der Waals surface area contributed by atoms with Gasteiger partial charge in [0.1, 0.15) is 12.4 Å². The second-order valence-electron chi connectivity index (χ2n) is 5.53. The van der Waals surface area contributed by atoms with Crippen LogP contribution in [0, 0.1) is 0 Å². The second kappa shape index (κ2) is 10.7. The van der Waals surface area contributed by atoms with Crippen molar-refractivity contribution in [3.8, 4) is 5.75 Å². The number of ether oxygens (including phenoxy) is 1. The van der Waals surface area contributed by atoms with Crippen LogP contribution < -0.4 is 15.0 Å². The van der Waals surface area contributed by atoms with E-state index in [4.69, 9.17) is 4.74 Å². The molecular formula is C17H24IN7O. The van der Waals surface area contributed by atoms with Gasteiger partial charge in [0, 0.05) is 51.8 Å². The lowest BCUT2D eigenvalue weighted by Crippen LogP contribution is -2.53. The van der Waals surface area contributed by atoms with Crippen molar-refractivity contribution >= 4 is 35.9 Å². The van der Waals surface area contributed by atoms with Crippen LogP contribution in [0.25, 0.3) is 0 Å². The van der Waals surface area contributed by atoms with Gasteiger partial charge in [-0.1, -0.05) is 0 Å². The number of rotatable bonds is 5. The zero-order valence-corrected chi connectivity index (χ0v) is 17.1. The first-order valence-electron chi connectivity index (χ1n) is 8.37. The third-order valence-electron chi connectivity index (χ3n) is 3.91. The molecular weight excluding hydrogens is 445 g/mol. The number of halogens is 1. The summed E-state index contributed by atoms with van der Waals surface area (Å²) >= 11 is 0. The quantitative estimate of drug-likeness (QED) is 0.306. The Morgan fingerprint density at radius 2 is 1.92 bits per heavy atom. The van der Waals surface area contributed by atoms with Gasteiger partial charge in [0.15, 0.2) is 5.96 Å². The van der Waals surface area contributed by atoms with E-state index >= 15 is 0 Å². The normalized spacial score (nSPS) is 14.6. The fourth-order valence-electron chi connectivity index (χ4n) is 2.67. The van der Waals surface area contributed by atoms with Crippen LogP contribution in [0.4, 0.5) is 5.95 Å². The minimum Gasteiger partial charge on any atom is -0.490 e. The number of nitrogens with one attached hydrogen (secondary N) is 1. The molecule has 1 aliphatic rings. The number of piperazine rings is 1. The van der Waals surface area contributed by atoms with Crippen LogP contribution in [-0.4, -0.2) is 72.2 Å². The Kier molecular flexibility index (Phi) is 8.32. The number of nitrogens with zero attached hydrogens (tertiary/aromatic N) is 6. The number of hydrogen-bond donors (Lipinski definition) is 1. The van der Waals surface area contributed by atoms with Crippen molar-refractivity contribution in [2.75, 3.05) is 51.3 Å². The Balaban J connectivity index is 0.00000243. The van der Waals surface area contributed by atoms with Gasteiger partial charge in [0.25, 0.3) is 0 Å². The molecule has 0 spiro atoms. The highest BCUT2D eigenvalue weighted by atomic mass is 127. The summed E-state index contributed by atoms with van der Waals surface area (Å²) in [5.74, 6) is 2.45. The predicted molar refractivity (Wildman–Crippen MR) is 112 cm³/mol. The molecule has 1 fully saturated rings. The van der Waals surface area contributed by atoms with E-state index in [2.05, 4.69) is 35.1 Å². The molecule has 3 heterocycles. The summed E-state index contributed by atoms with van der Waals surface area (Å²) in [4.78, 5) is 21.4. The Morgan fingerprint density at radius 3 is 2.58 bits per heavy atom. The Labute approximate surface area is 170 Å². The van der Waals surface area contributed by atoms with Crippen molar-refractivity contribution in [1.82, 2.24) is 25.2 Å². The van der Waals surface area contributed by atoms with Crippen LogP contribution in [0.1, 0.15) is 0 Å². The number of aromatic nitrogens is 3. The van der Waals surface area contributed by atoms with Crippen molar-refractivity contribution in [2.45, 2.75) is 0 Å². The smallest absolute Gasteiger partial charge is 0.225 e. The fourth-order valence-corrected chi connectivity index (χ4v) is 2.67. The highest BCUT2D eigenvalue weighted by Crippen LogP contribution is 2.09. The van der Waals surface area contributed by atoms with Crippen molar-refractivity contribution < 1.29 is 4.74 Å². The van der Waals surface area contributed by atoms with Gasteiger partial charge in [0.2, 0.25) is 5.95 Å². The summed E-state index contributed by atoms with van der Waals surface area (Å²) in [6, 6.07) is 5.59. The lowest BCUT2D eigenvalue weighted by atomic mass is 10.3. The Hall–Kier alpha value is -2.17. The van der Waals surface area contributed by atoms with Gasteiger partial charge in [-0.15, -0.1) is 24.0 Å². The number of pyridine rings is 1. The van der Waals surface area contributed by atoms with Crippen LogP contribution in [0.3, 0.4) is 0 Å². The van der Waals surface area contributed by atoms with Crippen molar-refractivity contribution in [3.63, 3.8) is 0 Å². The van der Waals surface area contributed by atoms with Gasteiger partial charge in [0.05, 0.1) is 12.7 Å². The maximum atomic E-state index is 5.64. The minimum absolute atomic E-state index is 0. The average Bonchev–Trinajstić information content (AvgIpc) is 2.70. The number of anilines is 1. The highest BCUT2D eigenvalue weighted by Gasteiger charge is 2.20. The van der Waals surface area contributed by atoms with E-state index in [-0.39, 0.29) is 24.0 Å². The van der Waals surface area contributed by atoms with E-state index in [1.165, 1.54) is 0 Å². The maximum absolute atomic E-state index is 5.64. The molecule has 0 radical (unpaired) electrons. The predicted octanol–water partition coefficient (Wildman–Crippen LogP) is 1.27. The molecule has 140 valence electrons. The van der Waals surface area contributed by atoms with E-state index in [1.807, 2.05) is 18.2 Å². The zero-order chi connectivity index (χ0) is 17.3. The molecule has 2 aromatic rings. The summed E-state index contributed by atoms with van der Waals surface area (Å²) in [6.45, 7) is 4.74. The molecule has 0 atom stereocenters. The molecule has 1 saturated heterocycles. The molecule has 8 nitrogen and oxygen atoms in total. The van der Waals surface area contributed by atoms with Gasteiger partial charge < -0.3 is 19.9 Å². The standard InChI is InChI=1S/C17H23N7O.HI/c1-18-16(22-8-13-25-15-4-2-5-19-14-15)23-9-11-24(12-10-23)17-20-6-3-7-21-17;/h2-7,14H,8-13H2,1H3,(H,18,22);1H. The number of guanidine groups is 1. The van der Waals surface area contributed by atoms with E-state index in [9.17, 15) is 0 Å². The first-order chi connectivity index (χ1) is 12.4. The molecule has 1 aliphatic heterocycles. The lowest BCUT2D eigenvalue weighted by molar-refractivity contribution is 0.313. The largest absolute Gasteiger partial charge is 0.490 e. The summed E-state index contributed by atoms with van der Waals surface area (Å²) < 4.78 is 5.64. The SMILES string of the molecule is CN=C(NCCOc1cccnc1)N1CCN(c2ncccn2)CC1.I. The molecule has 1 N–H and O–H groups in total. The third kappa shape index (κ3) is 5.68. The van der Waals surface area contributed by atoms with Gasteiger partial charge in [-0.3, -0.25) is 9.98 Å². The molecule has 9 heteroatoms. The average molecular weight is 469 g/mol. The molecule has 0 saturated carbocycles. The first-order valence-corrected chi connectivity index (χ1v) is 8.37. The molecule has 2 aromatic heterocycles. The Morgan fingerprint density at radius 1 is 1.15 bits per heavy atom. The molecule has 0 bridgehead atoms. The second-order valence-corrected chi connectivity index (χ2v) is 5.53. The summed E-state index contributed by atoms with van der Waals surface area (Å²) in [7, 11) is 1.80. The monoisotopic (exact) mass is 469 g/mol. The molecule has 3 rings (SSSR count). The van der Waals surface area contributed by atoms with Crippen molar-refractivity contribution in [1.29, 1.82) is 0 Å². The van der Waals surface area contributed by atoms with Crippen molar-refractivity contribution in [2.24, 2.45) is 4.99 Å². The summed E-state index contributed by atoms with van der Waals surface area (Å²) in [6.07, 6.45) is 6.99. The van der Waals surface area contributed by atoms with Gasteiger partial charge in [-0.2, -0.15) is 0 Å². The van der Waals surface area contributed by atoms with Crippen molar-refractivity contribution in [3.05, 3.63) is 43.0 Å². The van der Waals surface area contributed by atoms with Crippen LogP contribution in [0.5, 0.6) is 5.75 Å². The van der Waals surface area contributed by atoms with Gasteiger partial charge >= 0.3 is 0 Å². The Bertz CT molecular complexity index is 663. The molecule has 0 aromatic carbocycles. The van der Waals surface area contributed by atoms with Crippen LogP contribution >= 0.6 is 24.0 Å². The van der Waals surface area contributed by atoms with E-state index in [1.54, 1.807) is 31.8 Å². The maximum Gasteiger partial charge on any atom is 0.225 e. The summed E-state index contributed by atoms with van der Waals surface area (Å²) in [5, 5.41) is 3.34. The topological polar surface area (TPSA) is 78.8 Å². The van der Waals surface area contributed by atoms with Crippen LogP contribution in [0.2, 0.25) is 0 Å². The van der Waals surface area contributed by atoms with E-state index in [0.29, 0.717) is 13.2 Å². The van der Waals surface area contributed by atoms with E-state index in [0.717, 1.165) is 43.8 Å². The van der Waals surface area contributed by atoms with Crippen LogP contribution in [0.15, 0.2) is 48.0 Å². The van der Waals surface area contributed by atoms with E-state index < -0.39 is 0 Å². The fraction of sp³-hybridized carbons (Fsp3) is 0.412. The highest BCUT2D eigenvalue weighted by molar-refractivity contribution is 14.0. The number of hydrogen-bond acceptors (Lipinski definition) is 6. The van der Waals surface area contributed by atoms with Crippen LogP contribution in [-0.2, 0) is 0 Å². The van der Waals surface area contributed by atoms with Gasteiger partial charge in [-0.05, 0) is 18.2 Å². The summed E-state index contributed by atoms with van der Waals surface area (Å²) in [5.41, 5.74) is 0. The first kappa shape index (κ1) is 20.1. The number of aliphatic imine (C=N–C) groups is 1. The molecule has 0 aliphatic carbocycles. The third-order valence-corrected chi connectivity index (χ3v) is 3.91. The minimum atomic E-state index is 0.